The molecular weight excluding hydrogens is 324 g/mol. The molecule has 1 saturated heterocycles. The molecule has 0 aromatic heterocycles. The highest BCUT2D eigenvalue weighted by atomic mass is 35.5. The summed E-state index contributed by atoms with van der Waals surface area (Å²) in [4.78, 5) is -0.0927. The van der Waals surface area contributed by atoms with Crippen molar-refractivity contribution in [1.82, 2.24) is 4.72 Å². The zero-order valence-electron chi connectivity index (χ0n) is 10.5. The predicted octanol–water partition coefficient (Wildman–Crippen LogP) is 0.778. The molecule has 1 atom stereocenters. The Morgan fingerprint density at radius 1 is 1.35 bits per heavy atom. The average molecular weight is 339 g/mol. The lowest BCUT2D eigenvalue weighted by Gasteiger charge is -2.23. The summed E-state index contributed by atoms with van der Waals surface area (Å²) in [6, 6.07) is 3.45. The average Bonchev–Trinajstić information content (AvgIpc) is 2.25. The van der Waals surface area contributed by atoms with E-state index in [4.69, 9.17) is 17.3 Å². The topological polar surface area (TPSA) is 106 Å². The molecule has 2 rings (SSSR count). The van der Waals surface area contributed by atoms with E-state index in [9.17, 15) is 16.8 Å². The SMILES string of the molecule is Nc1cc(Cl)ccc1S(=O)(=O)NC1CCCS(=O)(=O)C1. The number of anilines is 1. The van der Waals surface area contributed by atoms with Crippen LogP contribution in [0.1, 0.15) is 12.8 Å². The van der Waals surface area contributed by atoms with Crippen molar-refractivity contribution in [3.8, 4) is 0 Å². The van der Waals surface area contributed by atoms with Crippen LogP contribution < -0.4 is 10.5 Å². The molecule has 0 spiro atoms. The maximum Gasteiger partial charge on any atom is 0.242 e. The van der Waals surface area contributed by atoms with Gasteiger partial charge in [-0.1, -0.05) is 11.6 Å². The number of hydrogen-bond acceptors (Lipinski definition) is 5. The van der Waals surface area contributed by atoms with Gasteiger partial charge in [-0.2, -0.15) is 0 Å². The number of nitrogens with two attached hydrogens (primary N) is 1. The Labute approximate surface area is 123 Å². The molecule has 1 aromatic carbocycles. The Balaban J connectivity index is 2.23. The van der Waals surface area contributed by atoms with Crippen molar-refractivity contribution < 1.29 is 16.8 Å². The van der Waals surface area contributed by atoms with Crippen LogP contribution in [0.3, 0.4) is 0 Å². The molecule has 0 saturated carbocycles. The first-order chi connectivity index (χ1) is 9.20. The number of nitrogens with one attached hydrogen (secondary N) is 1. The van der Waals surface area contributed by atoms with Crippen LogP contribution in [0.5, 0.6) is 0 Å². The summed E-state index contributed by atoms with van der Waals surface area (Å²) in [5, 5.41) is 0.335. The molecule has 1 aliphatic rings. The molecule has 0 amide bonds. The molecule has 0 aliphatic carbocycles. The number of sulfone groups is 1. The monoisotopic (exact) mass is 338 g/mol. The summed E-state index contributed by atoms with van der Waals surface area (Å²) in [5.74, 6) is -0.0754. The molecule has 0 bridgehead atoms. The number of rotatable bonds is 3. The number of halogens is 1. The quantitative estimate of drug-likeness (QED) is 0.792. The Bertz CT molecular complexity index is 716. The van der Waals surface area contributed by atoms with E-state index in [2.05, 4.69) is 4.72 Å². The van der Waals surface area contributed by atoms with Crippen LogP contribution in [-0.4, -0.2) is 34.4 Å². The lowest BCUT2D eigenvalue weighted by atomic mass is 10.2. The molecule has 1 unspecified atom stereocenters. The minimum atomic E-state index is -3.86. The predicted molar refractivity (Wildman–Crippen MR) is 77.9 cm³/mol. The van der Waals surface area contributed by atoms with Crippen LogP contribution in [0.25, 0.3) is 0 Å². The molecule has 112 valence electrons. The van der Waals surface area contributed by atoms with Crippen molar-refractivity contribution in [2.24, 2.45) is 0 Å². The molecule has 1 fully saturated rings. The summed E-state index contributed by atoms with van der Waals surface area (Å²) >= 11 is 5.72. The third-order valence-corrected chi connectivity index (χ3v) is 6.70. The van der Waals surface area contributed by atoms with Crippen molar-refractivity contribution in [2.75, 3.05) is 17.2 Å². The van der Waals surface area contributed by atoms with Crippen molar-refractivity contribution >= 4 is 37.1 Å². The fourth-order valence-electron chi connectivity index (χ4n) is 2.16. The standard InChI is InChI=1S/C11H15ClN2O4S2/c12-8-3-4-11(10(13)6-8)20(17,18)14-9-2-1-5-19(15,16)7-9/h3-4,6,9,14H,1-2,5,7,13H2. The van der Waals surface area contributed by atoms with Crippen LogP contribution >= 0.6 is 11.6 Å². The second kappa shape index (κ2) is 5.51. The maximum absolute atomic E-state index is 12.2. The second-order valence-electron chi connectivity index (χ2n) is 4.76. The summed E-state index contributed by atoms with van der Waals surface area (Å²) in [6.07, 6.45) is 0.942. The molecular formula is C11H15ClN2O4S2. The van der Waals surface area contributed by atoms with Crippen LogP contribution in [-0.2, 0) is 19.9 Å². The Kier molecular flexibility index (Phi) is 4.29. The van der Waals surface area contributed by atoms with Gasteiger partial charge in [0.05, 0.1) is 17.2 Å². The molecule has 1 heterocycles. The zero-order chi connectivity index (χ0) is 15.0. The van der Waals surface area contributed by atoms with E-state index in [-0.39, 0.29) is 22.1 Å². The first-order valence-corrected chi connectivity index (χ1v) is 9.66. The maximum atomic E-state index is 12.2. The van der Waals surface area contributed by atoms with Crippen molar-refractivity contribution in [1.29, 1.82) is 0 Å². The molecule has 3 N–H and O–H groups in total. The highest BCUT2D eigenvalue weighted by Crippen LogP contribution is 2.23. The van der Waals surface area contributed by atoms with E-state index < -0.39 is 25.9 Å². The Morgan fingerprint density at radius 2 is 2.05 bits per heavy atom. The lowest BCUT2D eigenvalue weighted by Crippen LogP contribution is -2.43. The molecule has 0 radical (unpaired) electrons. The summed E-state index contributed by atoms with van der Waals surface area (Å²) in [6.45, 7) is 0. The smallest absolute Gasteiger partial charge is 0.242 e. The zero-order valence-corrected chi connectivity index (χ0v) is 12.9. The fraction of sp³-hybridized carbons (Fsp3) is 0.455. The van der Waals surface area contributed by atoms with Crippen LogP contribution in [0, 0.1) is 0 Å². The molecule has 9 heteroatoms. The number of benzene rings is 1. The van der Waals surface area contributed by atoms with Gasteiger partial charge in [0, 0.05) is 11.1 Å². The summed E-state index contributed by atoms with van der Waals surface area (Å²) in [5.41, 5.74) is 5.68. The van der Waals surface area contributed by atoms with Gasteiger partial charge in [0.1, 0.15) is 4.90 Å². The highest BCUT2D eigenvalue weighted by Gasteiger charge is 2.29. The van der Waals surface area contributed by atoms with Gasteiger partial charge < -0.3 is 5.73 Å². The van der Waals surface area contributed by atoms with Gasteiger partial charge >= 0.3 is 0 Å². The molecule has 1 aromatic rings. The number of nitrogen functional groups attached to an aromatic ring is 1. The van der Waals surface area contributed by atoms with E-state index >= 15 is 0 Å². The first-order valence-electron chi connectivity index (χ1n) is 5.97. The molecule has 1 aliphatic heterocycles. The minimum Gasteiger partial charge on any atom is -0.398 e. The van der Waals surface area contributed by atoms with E-state index in [1.54, 1.807) is 0 Å². The fourth-order valence-corrected chi connectivity index (χ4v) is 5.47. The van der Waals surface area contributed by atoms with Gasteiger partial charge in [-0.25, -0.2) is 21.6 Å². The third-order valence-electron chi connectivity index (χ3n) is 3.05. The minimum absolute atomic E-state index is 0.0312. The summed E-state index contributed by atoms with van der Waals surface area (Å²) < 4.78 is 49.9. The van der Waals surface area contributed by atoms with E-state index in [0.29, 0.717) is 17.9 Å². The van der Waals surface area contributed by atoms with Crippen molar-refractivity contribution in [3.63, 3.8) is 0 Å². The van der Waals surface area contributed by atoms with Gasteiger partial charge in [0.2, 0.25) is 10.0 Å². The van der Waals surface area contributed by atoms with Crippen LogP contribution in [0.15, 0.2) is 23.1 Å². The molecule has 20 heavy (non-hydrogen) atoms. The Hall–Kier alpha value is -0.830. The van der Waals surface area contributed by atoms with Crippen molar-refractivity contribution in [3.05, 3.63) is 23.2 Å². The second-order valence-corrected chi connectivity index (χ2v) is 9.10. The van der Waals surface area contributed by atoms with E-state index in [1.165, 1.54) is 18.2 Å². The van der Waals surface area contributed by atoms with E-state index in [0.717, 1.165) is 0 Å². The molecule has 6 nitrogen and oxygen atoms in total. The largest absolute Gasteiger partial charge is 0.398 e. The lowest BCUT2D eigenvalue weighted by molar-refractivity contribution is 0.517. The van der Waals surface area contributed by atoms with Gasteiger partial charge in [0.25, 0.3) is 0 Å². The van der Waals surface area contributed by atoms with Crippen molar-refractivity contribution in [2.45, 2.75) is 23.8 Å². The van der Waals surface area contributed by atoms with Crippen LogP contribution in [0.4, 0.5) is 5.69 Å². The summed E-state index contributed by atoms with van der Waals surface area (Å²) in [7, 11) is -7.04. The number of sulfonamides is 1. The highest BCUT2D eigenvalue weighted by molar-refractivity contribution is 7.91. The normalized spacial score (nSPS) is 22.6. The van der Waals surface area contributed by atoms with Crippen LogP contribution in [0.2, 0.25) is 5.02 Å². The van der Waals surface area contributed by atoms with Gasteiger partial charge in [-0.05, 0) is 31.0 Å². The number of hydrogen-bond donors (Lipinski definition) is 2. The van der Waals surface area contributed by atoms with Gasteiger partial charge in [0.15, 0.2) is 9.84 Å². The third kappa shape index (κ3) is 3.63. The van der Waals surface area contributed by atoms with Gasteiger partial charge in [-0.15, -0.1) is 0 Å². The van der Waals surface area contributed by atoms with Gasteiger partial charge in [-0.3, -0.25) is 0 Å². The first kappa shape index (κ1) is 15.6. The van der Waals surface area contributed by atoms with E-state index in [1.807, 2.05) is 0 Å². The Morgan fingerprint density at radius 3 is 2.65 bits per heavy atom.